The highest BCUT2D eigenvalue weighted by molar-refractivity contribution is 5.57. The van der Waals surface area contributed by atoms with Crippen molar-refractivity contribution >= 4 is 17.5 Å². The molecule has 8 heteroatoms. The van der Waals surface area contributed by atoms with Gasteiger partial charge in [0.25, 0.3) is 0 Å². The Morgan fingerprint density at radius 2 is 2.25 bits per heavy atom. The van der Waals surface area contributed by atoms with Crippen molar-refractivity contribution in [3.05, 3.63) is 16.3 Å². The molecule has 2 rings (SSSR count). The second-order valence-corrected chi connectivity index (χ2v) is 4.64. The molecule has 0 spiro atoms. The lowest BCUT2D eigenvalue weighted by atomic mass is 10.1. The monoisotopic (exact) mass is 281 g/mol. The van der Waals surface area contributed by atoms with Crippen molar-refractivity contribution in [3.63, 3.8) is 0 Å². The molecule has 1 aliphatic heterocycles. The van der Waals surface area contributed by atoms with E-state index in [-0.39, 0.29) is 17.5 Å². The van der Waals surface area contributed by atoms with Gasteiger partial charge in [-0.05, 0) is 19.3 Å². The van der Waals surface area contributed by atoms with Crippen molar-refractivity contribution in [2.45, 2.75) is 32.2 Å². The molecule has 0 aliphatic carbocycles. The molecule has 0 unspecified atom stereocenters. The number of hydrogen-bond donors (Lipinski definition) is 2. The molecule has 2 N–H and O–H groups in total. The van der Waals surface area contributed by atoms with Crippen LogP contribution in [0, 0.1) is 10.1 Å². The summed E-state index contributed by atoms with van der Waals surface area (Å²) in [4.78, 5) is 18.7. The molecule has 1 aromatic rings. The normalized spacial score (nSPS) is 15.8. The molecule has 1 fully saturated rings. The number of nitrogens with zero attached hydrogens (tertiary/aromatic N) is 3. The number of nitrogens with one attached hydrogen (secondary N) is 2. The van der Waals surface area contributed by atoms with Crippen LogP contribution in [0.5, 0.6) is 0 Å². The van der Waals surface area contributed by atoms with E-state index in [4.69, 9.17) is 4.74 Å². The lowest BCUT2D eigenvalue weighted by Crippen LogP contribution is -2.28. The molecular weight excluding hydrogens is 262 g/mol. The highest BCUT2D eigenvalue weighted by atomic mass is 16.6. The Kier molecular flexibility index (Phi) is 5.05. The van der Waals surface area contributed by atoms with E-state index in [1.165, 1.54) is 6.20 Å². The first-order chi connectivity index (χ1) is 9.70. The quantitative estimate of drug-likeness (QED) is 0.605. The van der Waals surface area contributed by atoms with Crippen LogP contribution < -0.4 is 10.6 Å². The van der Waals surface area contributed by atoms with Gasteiger partial charge in [-0.3, -0.25) is 10.1 Å². The Morgan fingerprint density at radius 1 is 1.50 bits per heavy atom. The highest BCUT2D eigenvalue weighted by Gasteiger charge is 2.21. The van der Waals surface area contributed by atoms with Gasteiger partial charge >= 0.3 is 5.69 Å². The van der Waals surface area contributed by atoms with Crippen LogP contribution in [0.25, 0.3) is 0 Å². The molecule has 110 valence electrons. The van der Waals surface area contributed by atoms with Crippen molar-refractivity contribution in [2.75, 3.05) is 30.4 Å². The second kappa shape index (κ2) is 6.99. The zero-order valence-electron chi connectivity index (χ0n) is 11.5. The molecule has 1 aliphatic rings. The lowest BCUT2D eigenvalue weighted by Gasteiger charge is -2.23. The summed E-state index contributed by atoms with van der Waals surface area (Å²) < 4.78 is 5.27. The van der Waals surface area contributed by atoms with Crippen LogP contribution in [0.3, 0.4) is 0 Å². The van der Waals surface area contributed by atoms with Gasteiger partial charge in [0.15, 0.2) is 0 Å². The average molecular weight is 281 g/mol. The Morgan fingerprint density at radius 3 is 2.90 bits per heavy atom. The zero-order chi connectivity index (χ0) is 14.4. The van der Waals surface area contributed by atoms with Gasteiger partial charge in [-0.15, -0.1) is 0 Å². The molecule has 0 saturated carbocycles. The van der Waals surface area contributed by atoms with E-state index in [2.05, 4.69) is 20.6 Å². The Hall–Kier alpha value is -1.96. The van der Waals surface area contributed by atoms with Crippen molar-refractivity contribution in [1.29, 1.82) is 0 Å². The van der Waals surface area contributed by atoms with Crippen LogP contribution in [0.4, 0.5) is 17.5 Å². The molecule has 0 aromatic carbocycles. The van der Waals surface area contributed by atoms with Crippen molar-refractivity contribution in [1.82, 2.24) is 9.97 Å². The van der Waals surface area contributed by atoms with Crippen molar-refractivity contribution in [3.8, 4) is 0 Å². The first-order valence-electron chi connectivity index (χ1n) is 6.80. The first kappa shape index (κ1) is 14.4. The van der Waals surface area contributed by atoms with E-state index in [9.17, 15) is 10.1 Å². The van der Waals surface area contributed by atoms with Gasteiger partial charge in [0.1, 0.15) is 6.20 Å². The number of anilines is 2. The smallest absolute Gasteiger partial charge is 0.329 e. The van der Waals surface area contributed by atoms with Crippen LogP contribution in [0.1, 0.15) is 26.2 Å². The molecule has 8 nitrogen and oxygen atoms in total. The summed E-state index contributed by atoms with van der Waals surface area (Å²) in [5.74, 6) is 0.683. The summed E-state index contributed by atoms with van der Waals surface area (Å²) in [7, 11) is 0. The van der Waals surface area contributed by atoms with Gasteiger partial charge in [-0.1, -0.05) is 6.92 Å². The van der Waals surface area contributed by atoms with Crippen LogP contribution in [0.15, 0.2) is 6.20 Å². The van der Waals surface area contributed by atoms with Gasteiger partial charge in [-0.25, -0.2) is 4.98 Å². The number of aromatic nitrogens is 2. The molecule has 0 radical (unpaired) electrons. The standard InChI is InChI=1S/C12H19N5O3/c1-2-5-13-12-14-8-10(17(18)19)11(16-12)15-9-3-6-20-7-4-9/h8-9H,2-7H2,1H3,(H2,13,14,15,16). The number of ether oxygens (including phenoxy) is 1. The van der Waals surface area contributed by atoms with Gasteiger partial charge in [-0.2, -0.15) is 4.98 Å². The summed E-state index contributed by atoms with van der Waals surface area (Å²) in [6.45, 7) is 4.09. The fourth-order valence-corrected chi connectivity index (χ4v) is 1.97. The number of nitro groups is 1. The van der Waals surface area contributed by atoms with Crippen LogP contribution in [-0.4, -0.2) is 40.7 Å². The highest BCUT2D eigenvalue weighted by Crippen LogP contribution is 2.24. The molecule has 0 bridgehead atoms. The minimum atomic E-state index is -0.467. The minimum absolute atomic E-state index is 0.0986. The zero-order valence-corrected chi connectivity index (χ0v) is 11.5. The first-order valence-corrected chi connectivity index (χ1v) is 6.80. The summed E-state index contributed by atoms with van der Waals surface area (Å²) in [5, 5.41) is 17.2. The van der Waals surface area contributed by atoms with E-state index in [0.717, 1.165) is 25.8 Å². The van der Waals surface area contributed by atoms with Crippen molar-refractivity contribution < 1.29 is 9.66 Å². The molecular formula is C12H19N5O3. The third kappa shape index (κ3) is 3.77. The predicted octanol–water partition coefficient (Wildman–Crippen LogP) is 1.80. The van der Waals surface area contributed by atoms with Crippen LogP contribution in [-0.2, 0) is 4.74 Å². The maximum absolute atomic E-state index is 11.0. The van der Waals surface area contributed by atoms with E-state index >= 15 is 0 Å². The van der Waals surface area contributed by atoms with Gasteiger partial charge in [0.2, 0.25) is 11.8 Å². The Balaban J connectivity index is 2.14. The van der Waals surface area contributed by atoms with Gasteiger partial charge in [0.05, 0.1) is 4.92 Å². The molecule has 1 saturated heterocycles. The molecule has 0 amide bonds. The minimum Gasteiger partial charge on any atom is -0.381 e. The Labute approximate surface area is 117 Å². The summed E-state index contributed by atoms with van der Waals surface area (Å²) in [5.41, 5.74) is -0.0986. The number of rotatable bonds is 6. The molecule has 0 atom stereocenters. The maximum Gasteiger partial charge on any atom is 0.329 e. The molecule has 20 heavy (non-hydrogen) atoms. The van der Waals surface area contributed by atoms with E-state index in [0.29, 0.717) is 19.2 Å². The topological polar surface area (TPSA) is 102 Å². The second-order valence-electron chi connectivity index (χ2n) is 4.64. The predicted molar refractivity (Wildman–Crippen MR) is 74.9 cm³/mol. The van der Waals surface area contributed by atoms with Crippen LogP contribution >= 0.6 is 0 Å². The van der Waals surface area contributed by atoms with Crippen LogP contribution in [0.2, 0.25) is 0 Å². The van der Waals surface area contributed by atoms with E-state index in [1.807, 2.05) is 6.92 Å². The summed E-state index contributed by atoms with van der Waals surface area (Å²) >= 11 is 0. The number of hydrogen-bond acceptors (Lipinski definition) is 7. The third-order valence-corrected chi connectivity index (χ3v) is 3.06. The van der Waals surface area contributed by atoms with Gasteiger partial charge in [0, 0.05) is 25.8 Å². The maximum atomic E-state index is 11.0. The molecule has 1 aromatic heterocycles. The van der Waals surface area contributed by atoms with Crippen molar-refractivity contribution in [2.24, 2.45) is 0 Å². The van der Waals surface area contributed by atoms with E-state index < -0.39 is 4.92 Å². The fourth-order valence-electron chi connectivity index (χ4n) is 1.97. The largest absolute Gasteiger partial charge is 0.381 e. The van der Waals surface area contributed by atoms with E-state index in [1.54, 1.807) is 0 Å². The SMILES string of the molecule is CCCNc1ncc([N+](=O)[O-])c(NC2CCOCC2)n1. The fraction of sp³-hybridized carbons (Fsp3) is 0.667. The summed E-state index contributed by atoms with van der Waals surface area (Å²) in [6, 6.07) is 0.149. The lowest BCUT2D eigenvalue weighted by molar-refractivity contribution is -0.384. The third-order valence-electron chi connectivity index (χ3n) is 3.06. The average Bonchev–Trinajstić information content (AvgIpc) is 2.46. The summed E-state index contributed by atoms with van der Waals surface area (Å²) in [6.07, 6.45) is 3.81. The van der Waals surface area contributed by atoms with Gasteiger partial charge < -0.3 is 15.4 Å². The molecule has 2 heterocycles. The Bertz CT molecular complexity index is 462.